The number of rotatable bonds is 6. The van der Waals surface area contributed by atoms with Crippen LogP contribution in [0.3, 0.4) is 0 Å². The zero-order chi connectivity index (χ0) is 16.8. The van der Waals surface area contributed by atoms with E-state index < -0.39 is 0 Å². The summed E-state index contributed by atoms with van der Waals surface area (Å²) in [6.45, 7) is 3.46. The van der Waals surface area contributed by atoms with Crippen molar-refractivity contribution in [1.82, 2.24) is 14.7 Å². The van der Waals surface area contributed by atoms with Crippen molar-refractivity contribution in [2.24, 2.45) is 7.05 Å². The van der Waals surface area contributed by atoms with E-state index in [1.165, 1.54) is 43.4 Å². The lowest BCUT2D eigenvalue weighted by molar-refractivity contribution is 0.0316. The van der Waals surface area contributed by atoms with E-state index in [-0.39, 0.29) is 0 Å². The summed E-state index contributed by atoms with van der Waals surface area (Å²) in [5, 5.41) is 13.8. The van der Waals surface area contributed by atoms with Gasteiger partial charge in [-0.25, -0.2) is 0 Å². The van der Waals surface area contributed by atoms with Crippen molar-refractivity contribution >= 4 is 0 Å². The third-order valence-corrected chi connectivity index (χ3v) is 5.52. The minimum atomic E-state index is 0.534. The van der Waals surface area contributed by atoms with Crippen LogP contribution in [0.25, 0.3) is 0 Å². The van der Waals surface area contributed by atoms with Crippen molar-refractivity contribution in [1.29, 1.82) is 5.26 Å². The highest BCUT2D eigenvalue weighted by Crippen LogP contribution is 2.34. The van der Waals surface area contributed by atoms with Crippen LogP contribution >= 0.6 is 0 Å². The Morgan fingerprint density at radius 2 is 2.00 bits per heavy atom. The molecule has 1 aromatic heterocycles. The van der Waals surface area contributed by atoms with Gasteiger partial charge in [0.05, 0.1) is 11.8 Å². The topological polar surface area (TPSA) is 54.1 Å². The van der Waals surface area contributed by atoms with Gasteiger partial charge in [-0.05, 0) is 25.7 Å². The number of nitriles is 1. The fourth-order valence-corrected chi connectivity index (χ4v) is 4.25. The van der Waals surface area contributed by atoms with Gasteiger partial charge < -0.3 is 4.74 Å². The summed E-state index contributed by atoms with van der Waals surface area (Å²) < 4.78 is 7.50. The molecule has 2 heterocycles. The second kappa shape index (κ2) is 8.64. The molecule has 3 rings (SSSR count). The van der Waals surface area contributed by atoms with Gasteiger partial charge in [-0.2, -0.15) is 10.4 Å². The molecular formula is C19H30N4O. The average molecular weight is 330 g/mol. The molecule has 1 aliphatic carbocycles. The molecule has 24 heavy (non-hydrogen) atoms. The highest BCUT2D eigenvalue weighted by molar-refractivity contribution is 5.22. The predicted molar refractivity (Wildman–Crippen MR) is 93.5 cm³/mol. The van der Waals surface area contributed by atoms with Crippen LogP contribution in [-0.4, -0.2) is 40.5 Å². The van der Waals surface area contributed by atoms with E-state index in [9.17, 15) is 0 Å². The Morgan fingerprint density at radius 1 is 1.25 bits per heavy atom. The van der Waals surface area contributed by atoms with Gasteiger partial charge >= 0.3 is 0 Å². The van der Waals surface area contributed by atoms with Gasteiger partial charge in [-0.1, -0.05) is 19.3 Å². The quantitative estimate of drug-likeness (QED) is 0.802. The van der Waals surface area contributed by atoms with Crippen LogP contribution in [0.4, 0.5) is 0 Å². The van der Waals surface area contributed by atoms with Gasteiger partial charge in [-0.15, -0.1) is 0 Å². The molecule has 0 atom stereocenters. The molecule has 0 spiro atoms. The maximum absolute atomic E-state index is 9.02. The van der Waals surface area contributed by atoms with Crippen molar-refractivity contribution in [3.63, 3.8) is 0 Å². The van der Waals surface area contributed by atoms with Gasteiger partial charge in [0.2, 0.25) is 0 Å². The normalized spacial score (nSPS) is 20.4. The molecule has 5 nitrogen and oxygen atoms in total. The van der Waals surface area contributed by atoms with Crippen LogP contribution in [0.2, 0.25) is 0 Å². The molecular weight excluding hydrogens is 300 g/mol. The Bertz CT molecular complexity index is 550. The molecule has 0 N–H and O–H groups in total. The molecule has 0 amide bonds. The molecule has 0 bridgehead atoms. The minimum Gasteiger partial charge on any atom is -0.381 e. The second-order valence-electron chi connectivity index (χ2n) is 7.27. The number of nitrogens with zero attached hydrogens (tertiary/aromatic N) is 4. The zero-order valence-electron chi connectivity index (χ0n) is 14.9. The smallest absolute Gasteiger partial charge is 0.0700 e. The third kappa shape index (κ3) is 4.37. The molecule has 1 saturated carbocycles. The summed E-state index contributed by atoms with van der Waals surface area (Å²) in [4.78, 5) is 2.50. The second-order valence-corrected chi connectivity index (χ2v) is 7.27. The number of aromatic nitrogens is 2. The molecule has 1 saturated heterocycles. The largest absolute Gasteiger partial charge is 0.381 e. The fraction of sp³-hybridized carbons (Fsp3) is 0.789. The van der Waals surface area contributed by atoms with Crippen molar-refractivity contribution in [3.8, 4) is 6.07 Å². The Morgan fingerprint density at radius 3 is 2.71 bits per heavy atom. The van der Waals surface area contributed by atoms with E-state index in [2.05, 4.69) is 17.2 Å². The molecule has 1 aliphatic heterocycles. The van der Waals surface area contributed by atoms with Crippen LogP contribution in [0.1, 0.15) is 68.5 Å². The van der Waals surface area contributed by atoms with Crippen LogP contribution in [0.5, 0.6) is 0 Å². The SMILES string of the molecule is Cn1cc(CN(CCC#N)C2CCOCC2)c(C2CCCCC2)n1. The molecule has 2 aliphatic rings. The average Bonchev–Trinajstić information content (AvgIpc) is 3.00. The van der Waals surface area contributed by atoms with E-state index in [1.807, 2.05) is 11.7 Å². The molecule has 0 aromatic carbocycles. The van der Waals surface area contributed by atoms with Crippen molar-refractivity contribution < 1.29 is 4.74 Å². The Kier molecular flexibility index (Phi) is 6.28. The maximum atomic E-state index is 9.02. The van der Waals surface area contributed by atoms with E-state index >= 15 is 0 Å². The molecule has 5 heteroatoms. The lowest BCUT2D eigenvalue weighted by Crippen LogP contribution is -2.39. The zero-order valence-corrected chi connectivity index (χ0v) is 14.9. The van der Waals surface area contributed by atoms with E-state index in [0.717, 1.165) is 39.1 Å². The molecule has 2 fully saturated rings. The van der Waals surface area contributed by atoms with Gasteiger partial charge in [0, 0.05) is 63.5 Å². The summed E-state index contributed by atoms with van der Waals surface area (Å²) in [5.41, 5.74) is 2.68. The summed E-state index contributed by atoms with van der Waals surface area (Å²) in [6, 6.07) is 2.85. The number of ether oxygens (including phenoxy) is 1. The minimum absolute atomic E-state index is 0.534. The number of aryl methyl sites for hydroxylation is 1. The van der Waals surface area contributed by atoms with Gasteiger partial charge in [0.25, 0.3) is 0 Å². The first kappa shape index (κ1) is 17.4. The molecule has 0 radical (unpaired) electrons. The van der Waals surface area contributed by atoms with Crippen LogP contribution in [0, 0.1) is 11.3 Å². The van der Waals surface area contributed by atoms with E-state index in [0.29, 0.717) is 18.4 Å². The highest BCUT2D eigenvalue weighted by Gasteiger charge is 2.26. The lowest BCUT2D eigenvalue weighted by Gasteiger charge is -2.34. The first-order valence-corrected chi connectivity index (χ1v) is 9.49. The monoisotopic (exact) mass is 330 g/mol. The van der Waals surface area contributed by atoms with Gasteiger partial charge in [-0.3, -0.25) is 9.58 Å². The van der Waals surface area contributed by atoms with E-state index in [1.54, 1.807) is 0 Å². The molecule has 0 unspecified atom stereocenters. The summed E-state index contributed by atoms with van der Waals surface area (Å²) in [5.74, 6) is 0.627. The van der Waals surface area contributed by atoms with Gasteiger partial charge in [0.1, 0.15) is 0 Å². The summed E-state index contributed by atoms with van der Waals surface area (Å²) in [6.07, 6.45) is 11.5. The standard InChI is InChI=1S/C19H30N4O/c1-22-14-17(19(21-22)16-6-3-2-4-7-16)15-23(11-5-10-20)18-8-12-24-13-9-18/h14,16,18H,2-9,11-13,15H2,1H3. The van der Waals surface area contributed by atoms with Crippen molar-refractivity contribution in [2.45, 2.75) is 69.9 Å². The van der Waals surface area contributed by atoms with Crippen LogP contribution in [-0.2, 0) is 18.3 Å². The van der Waals surface area contributed by atoms with Crippen LogP contribution < -0.4 is 0 Å². The predicted octanol–water partition coefficient (Wildman–Crippen LogP) is 3.36. The molecule has 1 aromatic rings. The molecule has 132 valence electrons. The Balaban J connectivity index is 1.74. The first-order valence-electron chi connectivity index (χ1n) is 9.49. The number of hydrogen-bond donors (Lipinski definition) is 0. The van der Waals surface area contributed by atoms with Gasteiger partial charge in [0.15, 0.2) is 0 Å². The van der Waals surface area contributed by atoms with E-state index in [4.69, 9.17) is 15.1 Å². The summed E-state index contributed by atoms with van der Waals surface area (Å²) >= 11 is 0. The fourth-order valence-electron chi connectivity index (χ4n) is 4.25. The van der Waals surface area contributed by atoms with Crippen LogP contribution in [0.15, 0.2) is 6.20 Å². The third-order valence-electron chi connectivity index (χ3n) is 5.52. The van der Waals surface area contributed by atoms with Crippen molar-refractivity contribution in [3.05, 3.63) is 17.5 Å². The number of hydrogen-bond acceptors (Lipinski definition) is 4. The Labute approximate surface area is 145 Å². The lowest BCUT2D eigenvalue weighted by atomic mass is 9.85. The highest BCUT2D eigenvalue weighted by atomic mass is 16.5. The first-order chi connectivity index (χ1) is 11.8. The summed E-state index contributed by atoms with van der Waals surface area (Å²) in [7, 11) is 2.03. The maximum Gasteiger partial charge on any atom is 0.0700 e. The Hall–Kier alpha value is -1.38. The van der Waals surface area contributed by atoms with Crippen molar-refractivity contribution in [2.75, 3.05) is 19.8 Å².